The van der Waals surface area contributed by atoms with Crippen LogP contribution in [0.15, 0.2) is 24.3 Å². The third-order valence-corrected chi connectivity index (χ3v) is 2.55. The van der Waals surface area contributed by atoms with Gasteiger partial charge in [-0.25, -0.2) is 9.59 Å². The molecule has 1 aromatic rings. The zero-order valence-electron chi connectivity index (χ0n) is 11.9. The Hall–Kier alpha value is -2.50. The number of aryl methyl sites for hydroxylation is 1. The number of benzene rings is 1. The van der Waals surface area contributed by atoms with Crippen LogP contribution in [-0.4, -0.2) is 36.7 Å². The lowest BCUT2D eigenvalue weighted by Crippen LogP contribution is -2.24. The van der Waals surface area contributed by atoms with Crippen molar-refractivity contribution in [3.05, 3.63) is 35.4 Å². The van der Waals surface area contributed by atoms with Crippen LogP contribution in [-0.2, 0) is 23.9 Å². The van der Waals surface area contributed by atoms with Gasteiger partial charge in [0, 0.05) is 5.56 Å². The lowest BCUT2D eigenvalue weighted by molar-refractivity contribution is -0.161. The van der Waals surface area contributed by atoms with Crippen molar-refractivity contribution in [2.45, 2.75) is 20.3 Å². The van der Waals surface area contributed by atoms with Crippen LogP contribution in [0.2, 0.25) is 0 Å². The van der Waals surface area contributed by atoms with Gasteiger partial charge in [-0.2, -0.15) is 0 Å². The van der Waals surface area contributed by atoms with Gasteiger partial charge in [0.2, 0.25) is 5.78 Å². The van der Waals surface area contributed by atoms with Crippen molar-refractivity contribution >= 4 is 23.5 Å². The van der Waals surface area contributed by atoms with Crippen molar-refractivity contribution in [2.75, 3.05) is 13.2 Å². The predicted molar refractivity (Wildman–Crippen MR) is 72.7 cm³/mol. The molecule has 0 N–H and O–H groups in total. The maximum Gasteiger partial charge on any atom is 0.375 e. The molecule has 0 radical (unpaired) electrons. The fraction of sp³-hybridized carbons (Fsp3) is 0.333. The molecule has 0 heterocycles. The average Bonchev–Trinajstić information content (AvgIpc) is 2.45. The molecule has 0 aliphatic carbocycles. The molecule has 1 aromatic carbocycles. The highest BCUT2D eigenvalue weighted by Gasteiger charge is 2.21. The van der Waals surface area contributed by atoms with Gasteiger partial charge in [0.1, 0.15) is 0 Å². The van der Waals surface area contributed by atoms with Crippen molar-refractivity contribution in [3.8, 4) is 0 Å². The highest BCUT2D eigenvalue weighted by Crippen LogP contribution is 2.07. The minimum atomic E-state index is -1.22. The van der Waals surface area contributed by atoms with Gasteiger partial charge in [-0.3, -0.25) is 9.59 Å². The van der Waals surface area contributed by atoms with Crippen molar-refractivity contribution in [3.63, 3.8) is 0 Å². The number of carbonyl (C=O) groups is 4. The van der Waals surface area contributed by atoms with Crippen LogP contribution >= 0.6 is 0 Å². The number of carbonyl (C=O) groups excluding carboxylic acids is 4. The summed E-state index contributed by atoms with van der Waals surface area (Å²) in [4.78, 5) is 45.6. The largest absolute Gasteiger partial charge is 0.463 e. The van der Waals surface area contributed by atoms with Crippen LogP contribution < -0.4 is 0 Å². The molecule has 0 spiro atoms. The van der Waals surface area contributed by atoms with Gasteiger partial charge in [0.05, 0.1) is 13.0 Å². The van der Waals surface area contributed by atoms with Gasteiger partial charge in [-0.05, 0) is 13.8 Å². The van der Waals surface area contributed by atoms with Gasteiger partial charge in [-0.15, -0.1) is 0 Å². The molecule has 112 valence electrons. The van der Waals surface area contributed by atoms with E-state index in [1.165, 1.54) is 0 Å². The molecule has 0 bridgehead atoms. The first-order valence-corrected chi connectivity index (χ1v) is 6.39. The van der Waals surface area contributed by atoms with E-state index in [4.69, 9.17) is 0 Å². The Morgan fingerprint density at radius 2 is 1.62 bits per heavy atom. The molecule has 0 unspecified atom stereocenters. The molecule has 0 saturated heterocycles. The van der Waals surface area contributed by atoms with Crippen molar-refractivity contribution in [2.24, 2.45) is 0 Å². The van der Waals surface area contributed by atoms with Crippen molar-refractivity contribution < 1.29 is 28.7 Å². The minimum Gasteiger partial charge on any atom is -0.463 e. The maximum atomic E-state index is 11.8. The zero-order chi connectivity index (χ0) is 15.8. The van der Waals surface area contributed by atoms with E-state index in [0.29, 0.717) is 5.56 Å². The summed E-state index contributed by atoms with van der Waals surface area (Å²) in [5, 5.41) is 0. The van der Waals surface area contributed by atoms with Gasteiger partial charge < -0.3 is 9.47 Å². The number of hydrogen-bond donors (Lipinski definition) is 0. The summed E-state index contributed by atoms with van der Waals surface area (Å²) >= 11 is 0. The van der Waals surface area contributed by atoms with E-state index in [0.717, 1.165) is 5.56 Å². The van der Waals surface area contributed by atoms with E-state index in [-0.39, 0.29) is 6.61 Å². The Balaban J connectivity index is 2.48. The molecule has 0 saturated carbocycles. The second-order valence-electron chi connectivity index (χ2n) is 4.27. The lowest BCUT2D eigenvalue weighted by Gasteiger charge is -2.04. The van der Waals surface area contributed by atoms with E-state index in [2.05, 4.69) is 9.47 Å². The quantitative estimate of drug-likeness (QED) is 0.325. The lowest BCUT2D eigenvalue weighted by atomic mass is 10.0. The summed E-state index contributed by atoms with van der Waals surface area (Å²) in [6.07, 6.45) is -0.593. The van der Waals surface area contributed by atoms with E-state index in [9.17, 15) is 19.2 Å². The van der Waals surface area contributed by atoms with E-state index in [1.54, 1.807) is 31.2 Å². The van der Waals surface area contributed by atoms with E-state index >= 15 is 0 Å². The first kappa shape index (κ1) is 16.6. The Kier molecular flexibility index (Phi) is 6.26. The van der Waals surface area contributed by atoms with Crippen molar-refractivity contribution in [1.29, 1.82) is 0 Å². The fourth-order valence-electron chi connectivity index (χ4n) is 1.47. The molecule has 0 aromatic heterocycles. The number of ether oxygens (including phenoxy) is 2. The predicted octanol–water partition coefficient (Wildman–Crippen LogP) is 1.24. The highest BCUT2D eigenvalue weighted by atomic mass is 16.6. The molecule has 0 amide bonds. The first-order valence-electron chi connectivity index (χ1n) is 6.39. The Bertz CT molecular complexity index is 544. The molecule has 6 heteroatoms. The summed E-state index contributed by atoms with van der Waals surface area (Å²) in [5.74, 6) is -3.44. The summed E-state index contributed by atoms with van der Waals surface area (Å²) in [7, 11) is 0. The third kappa shape index (κ3) is 5.56. The van der Waals surface area contributed by atoms with Crippen LogP contribution in [0.5, 0.6) is 0 Å². The first-order chi connectivity index (χ1) is 9.93. The van der Waals surface area contributed by atoms with Crippen LogP contribution in [0.25, 0.3) is 0 Å². The van der Waals surface area contributed by atoms with Gasteiger partial charge in [0.15, 0.2) is 12.4 Å². The summed E-state index contributed by atoms with van der Waals surface area (Å²) in [5.41, 5.74) is 1.32. The molecule has 0 aliphatic rings. The monoisotopic (exact) mass is 292 g/mol. The minimum absolute atomic E-state index is 0.149. The second kappa shape index (κ2) is 7.94. The van der Waals surface area contributed by atoms with Crippen molar-refractivity contribution in [1.82, 2.24) is 0 Å². The molecule has 0 fully saturated rings. The van der Waals surface area contributed by atoms with Crippen LogP contribution in [0.3, 0.4) is 0 Å². The standard InChI is InChI=1S/C15H16O6/c1-3-20-14(18)9-21-15(19)13(17)8-12(16)11-6-4-10(2)5-7-11/h4-7H,3,8-9H2,1-2H3. The second-order valence-corrected chi connectivity index (χ2v) is 4.27. The summed E-state index contributed by atoms with van der Waals surface area (Å²) < 4.78 is 9.00. The van der Waals surface area contributed by atoms with E-state index in [1.807, 2.05) is 6.92 Å². The Morgan fingerprint density at radius 3 is 2.19 bits per heavy atom. The van der Waals surface area contributed by atoms with Gasteiger partial charge in [-0.1, -0.05) is 29.8 Å². The number of hydrogen-bond acceptors (Lipinski definition) is 6. The van der Waals surface area contributed by atoms with Crippen LogP contribution in [0, 0.1) is 6.92 Å². The Morgan fingerprint density at radius 1 is 1.00 bits per heavy atom. The van der Waals surface area contributed by atoms with Gasteiger partial charge in [0.25, 0.3) is 0 Å². The number of rotatable bonds is 7. The highest BCUT2D eigenvalue weighted by molar-refractivity contribution is 6.38. The zero-order valence-corrected chi connectivity index (χ0v) is 11.9. The molecular weight excluding hydrogens is 276 g/mol. The SMILES string of the molecule is CCOC(=O)COC(=O)C(=O)CC(=O)c1ccc(C)cc1. The molecular formula is C15H16O6. The van der Waals surface area contributed by atoms with Crippen LogP contribution in [0.1, 0.15) is 29.3 Å². The smallest absolute Gasteiger partial charge is 0.375 e. The Labute approximate surface area is 122 Å². The summed E-state index contributed by atoms with van der Waals surface area (Å²) in [6.45, 7) is 2.98. The molecule has 0 atom stereocenters. The molecule has 1 rings (SSSR count). The number of ketones is 2. The topological polar surface area (TPSA) is 86.7 Å². The molecule has 6 nitrogen and oxygen atoms in total. The average molecular weight is 292 g/mol. The maximum absolute atomic E-state index is 11.8. The van der Waals surface area contributed by atoms with Gasteiger partial charge >= 0.3 is 11.9 Å². The normalized spacial score (nSPS) is 9.81. The number of Topliss-reactive ketones (excluding diaryl/α,β-unsaturated/α-hetero) is 2. The summed E-state index contributed by atoms with van der Waals surface area (Å²) in [6, 6.07) is 6.62. The van der Waals surface area contributed by atoms with E-state index < -0.39 is 36.5 Å². The fourth-order valence-corrected chi connectivity index (χ4v) is 1.47. The molecule has 0 aliphatic heterocycles. The molecule has 21 heavy (non-hydrogen) atoms. The number of esters is 2. The van der Waals surface area contributed by atoms with Crippen LogP contribution in [0.4, 0.5) is 0 Å². The third-order valence-electron chi connectivity index (χ3n) is 2.55.